The molecule has 0 unspecified atom stereocenters. The third-order valence-corrected chi connectivity index (χ3v) is 5.95. The van der Waals surface area contributed by atoms with Crippen LogP contribution in [0.2, 0.25) is 0 Å². The highest BCUT2D eigenvalue weighted by atomic mass is 14.9. The number of aryl methyl sites for hydroxylation is 1. The van der Waals surface area contributed by atoms with Gasteiger partial charge in [0.25, 0.3) is 0 Å². The molecule has 2 nitrogen and oxygen atoms in total. The fourth-order valence-corrected chi connectivity index (χ4v) is 4.38. The molecule has 4 rings (SSSR count). The van der Waals surface area contributed by atoms with Crippen molar-refractivity contribution in [3.63, 3.8) is 0 Å². The number of rotatable bonds is 4. The Morgan fingerprint density at radius 3 is 1.70 bits per heavy atom. The Morgan fingerprint density at radius 1 is 0.667 bits per heavy atom. The van der Waals surface area contributed by atoms with E-state index in [-0.39, 0.29) is 5.41 Å². The lowest BCUT2D eigenvalue weighted by Crippen LogP contribution is -2.30. The van der Waals surface area contributed by atoms with Crippen LogP contribution in [0.4, 0.5) is 17.1 Å². The molecule has 0 amide bonds. The normalized spacial score (nSPS) is 16.0. The van der Waals surface area contributed by atoms with E-state index in [4.69, 9.17) is 5.73 Å². The quantitative estimate of drug-likeness (QED) is 0.519. The van der Waals surface area contributed by atoms with Crippen molar-refractivity contribution in [1.82, 2.24) is 0 Å². The molecule has 0 atom stereocenters. The fourth-order valence-electron chi connectivity index (χ4n) is 4.38. The lowest BCUT2D eigenvalue weighted by Gasteiger charge is -2.39. The standard InChI is InChI=1S/C25H28N2/c1-19-5-13-23(14-6-19)27-24-15-9-21(10-16-24)25(17-3-2-4-18-25)20-7-11-22(26)12-8-20/h5-16,27H,2-4,17-18,26H2,1H3. The predicted molar refractivity (Wildman–Crippen MR) is 116 cm³/mol. The second-order valence-electron chi connectivity index (χ2n) is 7.83. The first-order chi connectivity index (χ1) is 13.2. The van der Waals surface area contributed by atoms with Crippen LogP contribution in [0.15, 0.2) is 72.8 Å². The summed E-state index contributed by atoms with van der Waals surface area (Å²) in [4.78, 5) is 0. The molecule has 0 heterocycles. The van der Waals surface area contributed by atoms with E-state index in [0.717, 1.165) is 17.1 Å². The topological polar surface area (TPSA) is 38.0 Å². The number of hydrogen-bond acceptors (Lipinski definition) is 2. The number of nitrogens with two attached hydrogens (primary N) is 1. The van der Waals surface area contributed by atoms with Crippen molar-refractivity contribution in [3.8, 4) is 0 Å². The molecule has 3 aromatic rings. The minimum Gasteiger partial charge on any atom is -0.399 e. The molecule has 1 fully saturated rings. The van der Waals surface area contributed by atoms with Crippen molar-refractivity contribution >= 4 is 17.1 Å². The first-order valence-corrected chi connectivity index (χ1v) is 9.96. The van der Waals surface area contributed by atoms with Crippen LogP contribution in [0.5, 0.6) is 0 Å². The van der Waals surface area contributed by atoms with E-state index in [9.17, 15) is 0 Å². The van der Waals surface area contributed by atoms with Crippen molar-refractivity contribution in [2.45, 2.75) is 44.4 Å². The highest BCUT2D eigenvalue weighted by Crippen LogP contribution is 2.45. The summed E-state index contributed by atoms with van der Waals surface area (Å²) in [7, 11) is 0. The maximum absolute atomic E-state index is 5.93. The van der Waals surface area contributed by atoms with Gasteiger partial charge < -0.3 is 11.1 Å². The third-order valence-electron chi connectivity index (χ3n) is 5.95. The summed E-state index contributed by atoms with van der Waals surface area (Å²) in [5.41, 5.74) is 13.2. The van der Waals surface area contributed by atoms with E-state index in [1.54, 1.807) is 0 Å². The van der Waals surface area contributed by atoms with Gasteiger partial charge in [-0.1, -0.05) is 61.2 Å². The van der Waals surface area contributed by atoms with Gasteiger partial charge in [-0.05, 0) is 67.3 Å². The molecule has 27 heavy (non-hydrogen) atoms. The van der Waals surface area contributed by atoms with Gasteiger partial charge in [0, 0.05) is 22.5 Å². The third kappa shape index (κ3) is 3.71. The van der Waals surface area contributed by atoms with E-state index in [0.29, 0.717) is 0 Å². The van der Waals surface area contributed by atoms with E-state index in [1.807, 2.05) is 12.1 Å². The minimum absolute atomic E-state index is 0.119. The van der Waals surface area contributed by atoms with Crippen LogP contribution >= 0.6 is 0 Å². The highest BCUT2D eigenvalue weighted by molar-refractivity contribution is 5.61. The van der Waals surface area contributed by atoms with Crippen LogP contribution in [-0.2, 0) is 5.41 Å². The Balaban J connectivity index is 1.62. The highest BCUT2D eigenvalue weighted by Gasteiger charge is 2.35. The van der Waals surface area contributed by atoms with Gasteiger partial charge in [-0.15, -0.1) is 0 Å². The summed E-state index contributed by atoms with van der Waals surface area (Å²) >= 11 is 0. The van der Waals surface area contributed by atoms with Gasteiger partial charge in [0.2, 0.25) is 0 Å². The van der Waals surface area contributed by atoms with Crippen molar-refractivity contribution in [2.24, 2.45) is 0 Å². The summed E-state index contributed by atoms with van der Waals surface area (Å²) in [6, 6.07) is 26.1. The van der Waals surface area contributed by atoms with Crippen LogP contribution in [0, 0.1) is 6.92 Å². The number of hydrogen-bond donors (Lipinski definition) is 2. The first-order valence-electron chi connectivity index (χ1n) is 9.96. The zero-order chi connectivity index (χ0) is 18.7. The van der Waals surface area contributed by atoms with Gasteiger partial charge in [0.15, 0.2) is 0 Å². The summed E-state index contributed by atoms with van der Waals surface area (Å²) in [5.74, 6) is 0. The van der Waals surface area contributed by atoms with Crippen molar-refractivity contribution in [2.75, 3.05) is 11.1 Å². The monoisotopic (exact) mass is 356 g/mol. The molecule has 3 aromatic carbocycles. The Morgan fingerprint density at radius 2 is 1.15 bits per heavy atom. The smallest absolute Gasteiger partial charge is 0.0384 e. The molecule has 3 N–H and O–H groups in total. The first kappa shape index (κ1) is 17.7. The minimum atomic E-state index is 0.119. The molecule has 0 radical (unpaired) electrons. The Hall–Kier alpha value is -2.74. The number of benzene rings is 3. The van der Waals surface area contributed by atoms with Gasteiger partial charge >= 0.3 is 0 Å². The van der Waals surface area contributed by atoms with E-state index in [1.165, 1.54) is 48.8 Å². The van der Waals surface area contributed by atoms with Crippen LogP contribution in [-0.4, -0.2) is 0 Å². The molecule has 138 valence electrons. The van der Waals surface area contributed by atoms with Gasteiger partial charge in [-0.25, -0.2) is 0 Å². The van der Waals surface area contributed by atoms with E-state index in [2.05, 4.69) is 72.9 Å². The Kier molecular flexibility index (Phi) is 4.89. The van der Waals surface area contributed by atoms with Crippen LogP contribution in [0.25, 0.3) is 0 Å². The SMILES string of the molecule is Cc1ccc(Nc2ccc(C3(c4ccc(N)cc4)CCCCC3)cc2)cc1. The molecule has 1 aliphatic carbocycles. The molecule has 1 saturated carbocycles. The molecule has 0 bridgehead atoms. The van der Waals surface area contributed by atoms with Crippen molar-refractivity contribution < 1.29 is 0 Å². The van der Waals surface area contributed by atoms with E-state index >= 15 is 0 Å². The largest absolute Gasteiger partial charge is 0.399 e. The number of anilines is 3. The molecular formula is C25H28N2. The summed E-state index contributed by atoms with van der Waals surface area (Å²) < 4.78 is 0. The molecule has 1 aliphatic rings. The molecule has 0 saturated heterocycles. The zero-order valence-electron chi connectivity index (χ0n) is 16.0. The molecule has 0 aromatic heterocycles. The second-order valence-corrected chi connectivity index (χ2v) is 7.83. The second kappa shape index (κ2) is 7.48. The van der Waals surface area contributed by atoms with Crippen molar-refractivity contribution in [3.05, 3.63) is 89.5 Å². The molecule has 0 aliphatic heterocycles. The molecular weight excluding hydrogens is 328 g/mol. The Labute approximate surface area is 162 Å². The van der Waals surface area contributed by atoms with Crippen LogP contribution in [0.3, 0.4) is 0 Å². The van der Waals surface area contributed by atoms with Gasteiger partial charge in [0.1, 0.15) is 0 Å². The van der Waals surface area contributed by atoms with Gasteiger partial charge in [0.05, 0.1) is 0 Å². The average Bonchev–Trinajstić information content (AvgIpc) is 2.71. The zero-order valence-corrected chi connectivity index (χ0v) is 16.0. The molecule has 2 heteroatoms. The van der Waals surface area contributed by atoms with Crippen LogP contribution in [0.1, 0.15) is 48.8 Å². The summed E-state index contributed by atoms with van der Waals surface area (Å²) in [6.45, 7) is 2.11. The lowest BCUT2D eigenvalue weighted by atomic mass is 9.65. The predicted octanol–water partition coefficient (Wildman–Crippen LogP) is 6.57. The van der Waals surface area contributed by atoms with Gasteiger partial charge in [-0.3, -0.25) is 0 Å². The fraction of sp³-hybridized carbons (Fsp3) is 0.280. The average molecular weight is 357 g/mol. The molecule has 0 spiro atoms. The van der Waals surface area contributed by atoms with Gasteiger partial charge in [-0.2, -0.15) is 0 Å². The van der Waals surface area contributed by atoms with Crippen LogP contribution < -0.4 is 11.1 Å². The number of nitrogen functional groups attached to an aromatic ring is 1. The Bertz CT molecular complexity index is 871. The lowest BCUT2D eigenvalue weighted by molar-refractivity contribution is 0.346. The summed E-state index contributed by atoms with van der Waals surface area (Å²) in [5, 5.41) is 3.50. The maximum Gasteiger partial charge on any atom is 0.0384 e. The summed E-state index contributed by atoms with van der Waals surface area (Å²) in [6.07, 6.45) is 6.33. The van der Waals surface area contributed by atoms with Crippen molar-refractivity contribution in [1.29, 1.82) is 0 Å². The number of nitrogens with one attached hydrogen (secondary N) is 1. The maximum atomic E-state index is 5.93. The van der Waals surface area contributed by atoms with E-state index < -0.39 is 0 Å².